The standard InChI is InChI=1S/C11H20N2O/c14-11(9-5-6-9)13-8-7-12-10-3-1-2-4-10/h9-10,12H,1-8H2,(H,13,14). The Hall–Kier alpha value is -0.570. The minimum atomic E-state index is 0.262. The van der Waals surface area contributed by atoms with Gasteiger partial charge in [0.1, 0.15) is 0 Å². The smallest absolute Gasteiger partial charge is 0.223 e. The third kappa shape index (κ3) is 2.98. The SMILES string of the molecule is O=C(NCCNC1CCCC1)C1CC1. The third-order valence-corrected chi connectivity index (χ3v) is 3.16. The summed E-state index contributed by atoms with van der Waals surface area (Å²) in [6.07, 6.45) is 7.56. The average molecular weight is 196 g/mol. The summed E-state index contributed by atoms with van der Waals surface area (Å²) in [5.41, 5.74) is 0. The Kier molecular flexibility index (Phi) is 3.40. The first kappa shape index (κ1) is 9.97. The Morgan fingerprint density at radius 2 is 1.79 bits per heavy atom. The van der Waals surface area contributed by atoms with Crippen LogP contribution in [0.1, 0.15) is 38.5 Å². The molecule has 0 saturated heterocycles. The lowest BCUT2D eigenvalue weighted by atomic mass is 10.2. The van der Waals surface area contributed by atoms with Gasteiger partial charge in [-0.15, -0.1) is 0 Å². The fourth-order valence-corrected chi connectivity index (χ4v) is 2.08. The van der Waals surface area contributed by atoms with Crippen molar-refractivity contribution in [3.05, 3.63) is 0 Å². The molecule has 0 radical (unpaired) electrons. The van der Waals surface area contributed by atoms with E-state index in [1.54, 1.807) is 0 Å². The van der Waals surface area contributed by atoms with Crippen molar-refractivity contribution in [2.75, 3.05) is 13.1 Å². The summed E-state index contributed by atoms with van der Waals surface area (Å²) in [5.74, 6) is 0.611. The normalized spacial score (nSPS) is 22.6. The van der Waals surface area contributed by atoms with Crippen LogP contribution >= 0.6 is 0 Å². The molecular weight excluding hydrogens is 176 g/mol. The van der Waals surface area contributed by atoms with Crippen molar-refractivity contribution in [3.8, 4) is 0 Å². The zero-order valence-electron chi connectivity index (χ0n) is 8.72. The van der Waals surface area contributed by atoms with Gasteiger partial charge in [0, 0.05) is 25.0 Å². The van der Waals surface area contributed by atoms with Gasteiger partial charge in [0.15, 0.2) is 0 Å². The lowest BCUT2D eigenvalue weighted by molar-refractivity contribution is -0.122. The van der Waals surface area contributed by atoms with Gasteiger partial charge in [-0.3, -0.25) is 4.79 Å². The molecule has 14 heavy (non-hydrogen) atoms. The van der Waals surface area contributed by atoms with Crippen LogP contribution in [0.2, 0.25) is 0 Å². The van der Waals surface area contributed by atoms with Crippen molar-refractivity contribution >= 4 is 5.91 Å². The van der Waals surface area contributed by atoms with E-state index in [1.165, 1.54) is 25.7 Å². The molecule has 0 unspecified atom stereocenters. The maximum atomic E-state index is 11.3. The van der Waals surface area contributed by atoms with Crippen LogP contribution in [0.25, 0.3) is 0 Å². The molecule has 0 heterocycles. The van der Waals surface area contributed by atoms with E-state index in [0.29, 0.717) is 12.0 Å². The van der Waals surface area contributed by atoms with Crippen LogP contribution in [-0.2, 0) is 4.79 Å². The largest absolute Gasteiger partial charge is 0.355 e. The van der Waals surface area contributed by atoms with E-state index in [1.807, 2.05) is 0 Å². The van der Waals surface area contributed by atoms with Crippen LogP contribution in [0, 0.1) is 5.92 Å². The summed E-state index contributed by atoms with van der Waals surface area (Å²) < 4.78 is 0. The summed E-state index contributed by atoms with van der Waals surface area (Å²) in [6.45, 7) is 1.73. The van der Waals surface area contributed by atoms with Crippen LogP contribution in [0.5, 0.6) is 0 Å². The quantitative estimate of drug-likeness (QED) is 0.645. The molecule has 2 saturated carbocycles. The predicted molar refractivity (Wildman–Crippen MR) is 56.0 cm³/mol. The summed E-state index contributed by atoms with van der Waals surface area (Å²) in [7, 11) is 0. The second-order valence-electron chi connectivity index (χ2n) is 4.50. The molecule has 2 aliphatic rings. The summed E-state index contributed by atoms with van der Waals surface area (Å²) in [4.78, 5) is 11.3. The van der Waals surface area contributed by atoms with Gasteiger partial charge in [0.25, 0.3) is 0 Å². The third-order valence-electron chi connectivity index (χ3n) is 3.16. The van der Waals surface area contributed by atoms with Crippen LogP contribution in [0.3, 0.4) is 0 Å². The first-order chi connectivity index (χ1) is 6.86. The lowest BCUT2D eigenvalue weighted by Crippen LogP contribution is -2.36. The highest BCUT2D eigenvalue weighted by Gasteiger charge is 2.29. The van der Waals surface area contributed by atoms with Crippen molar-refractivity contribution < 1.29 is 4.79 Å². The average Bonchev–Trinajstić information content (AvgIpc) is 2.92. The van der Waals surface area contributed by atoms with Gasteiger partial charge in [-0.1, -0.05) is 12.8 Å². The van der Waals surface area contributed by atoms with Gasteiger partial charge < -0.3 is 10.6 Å². The number of amides is 1. The van der Waals surface area contributed by atoms with Crippen molar-refractivity contribution in [3.63, 3.8) is 0 Å². The second kappa shape index (κ2) is 4.78. The Morgan fingerprint density at radius 3 is 2.43 bits per heavy atom. The fourth-order valence-electron chi connectivity index (χ4n) is 2.08. The first-order valence-corrected chi connectivity index (χ1v) is 5.87. The molecule has 0 aliphatic heterocycles. The van der Waals surface area contributed by atoms with E-state index in [0.717, 1.165) is 25.9 Å². The lowest BCUT2D eigenvalue weighted by Gasteiger charge is -2.11. The van der Waals surface area contributed by atoms with Gasteiger partial charge in [-0.2, -0.15) is 0 Å². The molecule has 0 aromatic carbocycles. The Labute approximate surface area is 85.6 Å². The van der Waals surface area contributed by atoms with Crippen LogP contribution in [0.4, 0.5) is 0 Å². The Balaban J connectivity index is 1.48. The van der Waals surface area contributed by atoms with Crippen molar-refractivity contribution in [2.45, 2.75) is 44.6 Å². The van der Waals surface area contributed by atoms with Gasteiger partial charge in [0.2, 0.25) is 5.91 Å². The highest BCUT2D eigenvalue weighted by atomic mass is 16.2. The zero-order valence-corrected chi connectivity index (χ0v) is 8.72. The number of hydrogen-bond acceptors (Lipinski definition) is 2. The number of carbonyl (C=O) groups is 1. The second-order valence-corrected chi connectivity index (χ2v) is 4.50. The molecular formula is C11H20N2O. The minimum absolute atomic E-state index is 0.262. The molecule has 0 bridgehead atoms. The van der Waals surface area contributed by atoms with Crippen molar-refractivity contribution in [2.24, 2.45) is 5.92 Å². The van der Waals surface area contributed by atoms with Crippen LogP contribution in [-0.4, -0.2) is 25.0 Å². The van der Waals surface area contributed by atoms with E-state index >= 15 is 0 Å². The number of hydrogen-bond donors (Lipinski definition) is 2. The van der Waals surface area contributed by atoms with Gasteiger partial charge in [0.05, 0.1) is 0 Å². The van der Waals surface area contributed by atoms with Gasteiger partial charge in [-0.25, -0.2) is 0 Å². The molecule has 2 rings (SSSR count). The number of carbonyl (C=O) groups excluding carboxylic acids is 1. The highest BCUT2D eigenvalue weighted by Crippen LogP contribution is 2.28. The molecule has 0 atom stereocenters. The zero-order chi connectivity index (χ0) is 9.80. The highest BCUT2D eigenvalue weighted by molar-refractivity contribution is 5.80. The molecule has 0 aromatic heterocycles. The van der Waals surface area contributed by atoms with Crippen molar-refractivity contribution in [1.82, 2.24) is 10.6 Å². The molecule has 2 N–H and O–H groups in total. The van der Waals surface area contributed by atoms with Crippen LogP contribution in [0.15, 0.2) is 0 Å². The summed E-state index contributed by atoms with van der Waals surface area (Å²) >= 11 is 0. The maximum absolute atomic E-state index is 11.3. The molecule has 2 fully saturated rings. The number of nitrogens with one attached hydrogen (secondary N) is 2. The summed E-state index contributed by atoms with van der Waals surface area (Å²) in [6, 6.07) is 0.716. The van der Waals surface area contributed by atoms with E-state index in [2.05, 4.69) is 10.6 Å². The molecule has 3 nitrogen and oxygen atoms in total. The first-order valence-electron chi connectivity index (χ1n) is 5.87. The van der Waals surface area contributed by atoms with E-state index in [9.17, 15) is 4.79 Å². The van der Waals surface area contributed by atoms with Crippen LogP contribution < -0.4 is 10.6 Å². The molecule has 0 aromatic rings. The van der Waals surface area contributed by atoms with Crippen molar-refractivity contribution in [1.29, 1.82) is 0 Å². The Morgan fingerprint density at radius 1 is 1.07 bits per heavy atom. The molecule has 2 aliphatic carbocycles. The molecule has 80 valence electrons. The maximum Gasteiger partial charge on any atom is 0.223 e. The van der Waals surface area contributed by atoms with Gasteiger partial charge in [-0.05, 0) is 25.7 Å². The fraction of sp³-hybridized carbons (Fsp3) is 0.909. The molecule has 0 spiro atoms. The molecule has 3 heteroatoms. The monoisotopic (exact) mass is 196 g/mol. The van der Waals surface area contributed by atoms with E-state index in [-0.39, 0.29) is 5.91 Å². The van der Waals surface area contributed by atoms with E-state index in [4.69, 9.17) is 0 Å². The molecule has 1 amide bonds. The topological polar surface area (TPSA) is 41.1 Å². The Bertz CT molecular complexity index is 195. The minimum Gasteiger partial charge on any atom is -0.355 e. The van der Waals surface area contributed by atoms with Gasteiger partial charge >= 0.3 is 0 Å². The predicted octanol–water partition coefficient (Wildman–Crippen LogP) is 1.04. The van der Waals surface area contributed by atoms with E-state index < -0.39 is 0 Å². The summed E-state index contributed by atoms with van der Waals surface area (Å²) in [5, 5.41) is 6.45. The number of rotatable bonds is 5.